The molecule has 0 aliphatic heterocycles. The summed E-state index contributed by atoms with van der Waals surface area (Å²) in [7, 11) is 0. The zero-order chi connectivity index (χ0) is 24.7. The summed E-state index contributed by atoms with van der Waals surface area (Å²) in [6.07, 6.45) is 1.08. The minimum atomic E-state index is -1.03. The highest BCUT2D eigenvalue weighted by Gasteiger charge is 2.29. The van der Waals surface area contributed by atoms with Crippen LogP contribution in [0.25, 0.3) is 11.1 Å². The first-order chi connectivity index (χ1) is 16.3. The molecule has 3 N–H and O–H groups in total. The Morgan fingerprint density at radius 1 is 0.882 bits per heavy atom. The first-order valence-corrected chi connectivity index (χ1v) is 11.9. The van der Waals surface area contributed by atoms with Crippen molar-refractivity contribution in [2.75, 3.05) is 6.61 Å². The Morgan fingerprint density at radius 3 is 2.03 bits per heavy atom. The first kappa shape index (κ1) is 25.3. The van der Waals surface area contributed by atoms with Crippen LogP contribution < -0.4 is 10.6 Å². The van der Waals surface area contributed by atoms with E-state index in [1.807, 2.05) is 38.1 Å². The molecule has 3 rings (SSSR count). The van der Waals surface area contributed by atoms with Crippen molar-refractivity contribution in [3.8, 4) is 11.1 Å². The van der Waals surface area contributed by atoms with Gasteiger partial charge in [0, 0.05) is 18.4 Å². The third kappa shape index (κ3) is 6.59. The van der Waals surface area contributed by atoms with E-state index in [0.29, 0.717) is 18.8 Å². The lowest BCUT2D eigenvalue weighted by Gasteiger charge is -2.18. The topological polar surface area (TPSA) is 105 Å². The molecule has 0 radical (unpaired) electrons. The Bertz CT molecular complexity index is 974. The van der Waals surface area contributed by atoms with E-state index >= 15 is 0 Å². The average Bonchev–Trinajstić information content (AvgIpc) is 3.12. The van der Waals surface area contributed by atoms with Gasteiger partial charge in [0.25, 0.3) is 0 Å². The number of hydrogen-bond donors (Lipinski definition) is 3. The second kappa shape index (κ2) is 11.7. The smallest absolute Gasteiger partial charge is 0.407 e. The molecule has 0 bridgehead atoms. The summed E-state index contributed by atoms with van der Waals surface area (Å²) in [6, 6.07) is 15.1. The molecule has 2 unspecified atom stereocenters. The van der Waals surface area contributed by atoms with Crippen LogP contribution in [0.4, 0.5) is 4.79 Å². The maximum absolute atomic E-state index is 12.4. The van der Waals surface area contributed by atoms with Gasteiger partial charge in [-0.05, 0) is 54.4 Å². The fraction of sp³-hybridized carbons (Fsp3) is 0.444. The van der Waals surface area contributed by atoms with Crippen LogP contribution in [-0.2, 0) is 14.3 Å². The minimum Gasteiger partial charge on any atom is -0.480 e. The van der Waals surface area contributed by atoms with Crippen molar-refractivity contribution in [1.29, 1.82) is 0 Å². The number of nitrogens with one attached hydrogen (secondary N) is 2. The third-order valence-electron chi connectivity index (χ3n) is 6.18. The van der Waals surface area contributed by atoms with E-state index in [1.165, 1.54) is 11.1 Å². The summed E-state index contributed by atoms with van der Waals surface area (Å²) in [5.74, 6) is -1.02. The number of carbonyl (C=O) groups is 3. The van der Waals surface area contributed by atoms with Gasteiger partial charge in [0.2, 0.25) is 5.91 Å². The number of hydrogen-bond acceptors (Lipinski definition) is 4. The van der Waals surface area contributed by atoms with Crippen LogP contribution in [0.2, 0.25) is 0 Å². The molecular formula is C27H34N2O5. The molecule has 34 heavy (non-hydrogen) atoms. The maximum Gasteiger partial charge on any atom is 0.407 e. The molecule has 182 valence electrons. The van der Waals surface area contributed by atoms with Crippen LogP contribution in [0.5, 0.6) is 0 Å². The summed E-state index contributed by atoms with van der Waals surface area (Å²) in [6.45, 7) is 6.04. The van der Waals surface area contributed by atoms with Crippen LogP contribution in [0.15, 0.2) is 48.5 Å². The highest BCUT2D eigenvalue weighted by atomic mass is 16.5. The van der Waals surface area contributed by atoms with Gasteiger partial charge in [0.1, 0.15) is 12.6 Å². The summed E-state index contributed by atoms with van der Waals surface area (Å²) in [5.41, 5.74) is 4.62. The number of carbonyl (C=O) groups excluding carboxylic acids is 2. The van der Waals surface area contributed by atoms with Crippen LogP contribution in [0, 0.1) is 5.92 Å². The molecule has 1 aliphatic rings. The monoisotopic (exact) mass is 466 g/mol. The maximum atomic E-state index is 12.4. The van der Waals surface area contributed by atoms with Crippen molar-refractivity contribution in [3.05, 3.63) is 59.7 Å². The molecule has 2 aromatic carbocycles. The highest BCUT2D eigenvalue weighted by molar-refractivity contribution is 5.83. The van der Waals surface area contributed by atoms with Crippen LogP contribution in [-0.4, -0.2) is 41.8 Å². The normalized spacial score (nSPS) is 14.1. The first-order valence-electron chi connectivity index (χ1n) is 11.9. The van der Waals surface area contributed by atoms with E-state index < -0.39 is 18.1 Å². The van der Waals surface area contributed by atoms with Gasteiger partial charge >= 0.3 is 12.1 Å². The molecule has 0 saturated heterocycles. The van der Waals surface area contributed by atoms with Gasteiger partial charge in [-0.15, -0.1) is 0 Å². The Morgan fingerprint density at radius 2 is 1.47 bits per heavy atom. The molecule has 0 saturated carbocycles. The van der Waals surface area contributed by atoms with Gasteiger partial charge < -0.3 is 20.5 Å². The predicted molar refractivity (Wildman–Crippen MR) is 131 cm³/mol. The van der Waals surface area contributed by atoms with E-state index in [4.69, 9.17) is 4.74 Å². The van der Waals surface area contributed by atoms with Gasteiger partial charge in [-0.25, -0.2) is 9.59 Å². The van der Waals surface area contributed by atoms with E-state index in [-0.39, 0.29) is 30.9 Å². The lowest BCUT2D eigenvalue weighted by atomic mass is 9.98. The molecule has 7 nitrogen and oxygen atoms in total. The fourth-order valence-electron chi connectivity index (χ4n) is 4.28. The summed E-state index contributed by atoms with van der Waals surface area (Å²) in [4.78, 5) is 36.0. The van der Waals surface area contributed by atoms with Crippen molar-refractivity contribution < 1.29 is 24.2 Å². The SMILES string of the molecule is CC(C)CCC(NC(=O)CCC(C)NC(=O)OCC1c2ccccc2-c2ccccc21)C(=O)O. The second-order valence-corrected chi connectivity index (χ2v) is 9.34. The largest absolute Gasteiger partial charge is 0.480 e. The third-order valence-corrected chi connectivity index (χ3v) is 6.18. The number of alkyl carbamates (subject to hydrolysis) is 1. The summed E-state index contributed by atoms with van der Waals surface area (Å²) in [5, 5.41) is 14.7. The highest BCUT2D eigenvalue weighted by Crippen LogP contribution is 2.44. The molecule has 0 fully saturated rings. The molecular weight excluding hydrogens is 432 g/mol. The number of ether oxygens (including phenoxy) is 1. The zero-order valence-electron chi connectivity index (χ0n) is 20.0. The fourth-order valence-corrected chi connectivity index (χ4v) is 4.28. The Kier molecular flexibility index (Phi) is 8.68. The van der Waals surface area contributed by atoms with Crippen molar-refractivity contribution in [3.63, 3.8) is 0 Å². The molecule has 2 atom stereocenters. The van der Waals surface area contributed by atoms with E-state index in [9.17, 15) is 19.5 Å². The number of rotatable bonds is 11. The molecule has 2 aromatic rings. The molecule has 0 heterocycles. The molecule has 2 amide bonds. The Balaban J connectivity index is 1.45. The number of carboxylic acid groups (broad SMARTS) is 1. The quantitative estimate of drug-likeness (QED) is 0.445. The number of benzene rings is 2. The van der Waals surface area contributed by atoms with Crippen molar-refractivity contribution in [2.45, 2.75) is 64.5 Å². The average molecular weight is 467 g/mol. The van der Waals surface area contributed by atoms with Gasteiger partial charge in [0.15, 0.2) is 0 Å². The van der Waals surface area contributed by atoms with E-state index in [0.717, 1.165) is 17.5 Å². The van der Waals surface area contributed by atoms with Gasteiger partial charge in [-0.3, -0.25) is 4.79 Å². The van der Waals surface area contributed by atoms with Gasteiger partial charge in [0.05, 0.1) is 0 Å². The standard InChI is InChI=1S/C27H34N2O5/c1-17(2)12-14-24(26(31)32)29-25(30)15-13-18(3)28-27(33)34-16-23-21-10-6-4-8-19(21)20-9-5-7-11-22(20)23/h4-11,17-18,23-24H,12-16H2,1-3H3,(H,28,33)(H,29,30)(H,31,32). The van der Waals surface area contributed by atoms with E-state index in [2.05, 4.69) is 34.9 Å². The van der Waals surface area contributed by atoms with Crippen LogP contribution >= 0.6 is 0 Å². The molecule has 7 heteroatoms. The molecule has 1 aliphatic carbocycles. The summed E-state index contributed by atoms with van der Waals surface area (Å²) < 4.78 is 5.54. The lowest BCUT2D eigenvalue weighted by Crippen LogP contribution is -2.41. The van der Waals surface area contributed by atoms with Gasteiger partial charge in [-0.1, -0.05) is 62.4 Å². The second-order valence-electron chi connectivity index (χ2n) is 9.34. The van der Waals surface area contributed by atoms with Crippen LogP contribution in [0.3, 0.4) is 0 Å². The van der Waals surface area contributed by atoms with E-state index in [1.54, 1.807) is 6.92 Å². The predicted octanol–water partition coefficient (Wildman–Crippen LogP) is 4.70. The molecule has 0 aromatic heterocycles. The van der Waals surface area contributed by atoms with Gasteiger partial charge in [-0.2, -0.15) is 0 Å². The van der Waals surface area contributed by atoms with Crippen LogP contribution in [0.1, 0.15) is 63.5 Å². The Hall–Kier alpha value is -3.35. The minimum absolute atomic E-state index is 0.0157. The number of aliphatic carboxylic acids is 1. The van der Waals surface area contributed by atoms with Crippen molar-refractivity contribution in [1.82, 2.24) is 10.6 Å². The molecule has 0 spiro atoms. The number of carboxylic acids is 1. The lowest BCUT2D eigenvalue weighted by molar-refractivity contribution is -0.142. The number of fused-ring (bicyclic) bond motifs is 3. The zero-order valence-corrected chi connectivity index (χ0v) is 20.0. The number of amides is 2. The Labute approximate surface area is 200 Å². The van der Waals surface area contributed by atoms with Crippen molar-refractivity contribution >= 4 is 18.0 Å². The van der Waals surface area contributed by atoms with Crippen molar-refractivity contribution in [2.24, 2.45) is 5.92 Å². The summed E-state index contributed by atoms with van der Waals surface area (Å²) >= 11 is 0.